The topological polar surface area (TPSA) is 115 Å². The molecule has 1 amide bonds. The van der Waals surface area contributed by atoms with Crippen molar-refractivity contribution in [1.82, 2.24) is 19.9 Å². The van der Waals surface area contributed by atoms with Gasteiger partial charge in [-0.15, -0.1) is 0 Å². The van der Waals surface area contributed by atoms with Crippen molar-refractivity contribution in [2.24, 2.45) is 11.8 Å². The molecule has 1 saturated heterocycles. The highest BCUT2D eigenvalue weighted by molar-refractivity contribution is 7.89. The first-order valence-electron chi connectivity index (χ1n) is 11.5. The number of carbonyl (C=O) groups excluding carboxylic acids is 1. The average molecular weight is 488 g/mol. The van der Waals surface area contributed by atoms with Crippen LogP contribution < -0.4 is 10.6 Å². The molecule has 2 heterocycles. The lowest BCUT2D eigenvalue weighted by Gasteiger charge is -2.22. The molecule has 1 aromatic heterocycles. The smallest absolute Gasteiger partial charge is 0.251 e. The van der Waals surface area contributed by atoms with Crippen molar-refractivity contribution >= 4 is 15.9 Å². The van der Waals surface area contributed by atoms with E-state index in [2.05, 4.69) is 15.6 Å². The summed E-state index contributed by atoms with van der Waals surface area (Å²) >= 11 is 0. The molecule has 178 valence electrons. The van der Waals surface area contributed by atoms with Gasteiger partial charge in [0.25, 0.3) is 5.91 Å². The number of rotatable bonds is 8. The largest absolute Gasteiger partial charge is 0.349 e. The van der Waals surface area contributed by atoms with E-state index < -0.39 is 10.0 Å². The molecule has 0 spiro atoms. The van der Waals surface area contributed by atoms with Crippen LogP contribution in [0.5, 0.6) is 0 Å². The van der Waals surface area contributed by atoms with Crippen molar-refractivity contribution in [3.63, 3.8) is 0 Å². The van der Waals surface area contributed by atoms with Crippen molar-refractivity contribution in [1.29, 1.82) is 5.26 Å². The molecule has 35 heavy (non-hydrogen) atoms. The number of fused-ring (bicyclic) bond motifs is 1. The predicted molar refractivity (Wildman–Crippen MR) is 129 cm³/mol. The summed E-state index contributed by atoms with van der Waals surface area (Å²) < 4.78 is 28.4. The number of sulfonamides is 1. The molecule has 8 nitrogen and oxygen atoms in total. The number of hydrogen-bond acceptors (Lipinski definition) is 6. The lowest BCUT2D eigenvalue weighted by molar-refractivity contribution is 0.0946. The first-order valence-corrected chi connectivity index (χ1v) is 12.9. The Labute approximate surface area is 204 Å². The van der Waals surface area contributed by atoms with Crippen LogP contribution in [0.25, 0.3) is 0 Å². The summed E-state index contributed by atoms with van der Waals surface area (Å²) in [7, 11) is -3.85. The minimum Gasteiger partial charge on any atom is -0.349 e. The second kappa shape index (κ2) is 9.58. The number of benzene rings is 2. The normalized spacial score (nSPS) is 20.7. The van der Waals surface area contributed by atoms with Crippen molar-refractivity contribution in [3.8, 4) is 6.07 Å². The van der Waals surface area contributed by atoms with Gasteiger partial charge in [0.15, 0.2) is 0 Å². The summed E-state index contributed by atoms with van der Waals surface area (Å²) in [5, 5.41) is 15.5. The van der Waals surface area contributed by atoms with Gasteiger partial charge < -0.3 is 10.6 Å². The lowest BCUT2D eigenvalue weighted by atomic mass is 10.1. The standard InChI is InChI=1S/C26H25N5O3S/c27-12-18-5-9-22(10-6-18)35(33,34)31(17-20-2-1-11-28-13-20)16-19-3-7-21(8-4-19)26(32)30-25-23-14-29-15-24(23)25/h1-11,13,23-25,29H,14-17H2,(H,30,32)/t23-,24+,25+. The third-order valence-corrected chi connectivity index (χ3v) is 8.47. The minimum atomic E-state index is -3.85. The van der Waals surface area contributed by atoms with Gasteiger partial charge in [-0.25, -0.2) is 8.42 Å². The minimum absolute atomic E-state index is 0.103. The van der Waals surface area contributed by atoms with E-state index in [0.717, 1.165) is 24.2 Å². The second-order valence-corrected chi connectivity index (χ2v) is 10.9. The van der Waals surface area contributed by atoms with Crippen LogP contribution in [0.3, 0.4) is 0 Å². The lowest BCUT2D eigenvalue weighted by Crippen LogP contribution is -2.32. The van der Waals surface area contributed by atoms with Gasteiger partial charge in [0.1, 0.15) is 0 Å². The van der Waals surface area contributed by atoms with Gasteiger partial charge in [-0.3, -0.25) is 9.78 Å². The van der Waals surface area contributed by atoms with Crippen LogP contribution in [-0.4, -0.2) is 42.7 Å². The monoisotopic (exact) mass is 487 g/mol. The molecule has 9 heteroatoms. The number of pyridine rings is 1. The summed E-state index contributed by atoms with van der Waals surface area (Å²) in [4.78, 5) is 16.8. The summed E-state index contributed by atoms with van der Waals surface area (Å²) in [6.07, 6.45) is 3.27. The van der Waals surface area contributed by atoms with Crippen LogP contribution in [0.15, 0.2) is 78.0 Å². The summed E-state index contributed by atoms with van der Waals surface area (Å²) in [5.74, 6) is 0.965. The van der Waals surface area contributed by atoms with Crippen molar-refractivity contribution in [3.05, 3.63) is 95.3 Å². The SMILES string of the molecule is N#Cc1ccc(S(=O)(=O)N(Cc2ccc(C(=O)N[C@H]3[C@@H]4CNC[C@@H]43)cc2)Cc2cccnc2)cc1. The molecular formula is C26H25N5O3S. The van der Waals surface area contributed by atoms with E-state index in [0.29, 0.717) is 23.0 Å². The molecule has 1 saturated carbocycles. The van der Waals surface area contributed by atoms with E-state index in [9.17, 15) is 13.2 Å². The average Bonchev–Trinajstić information content (AvgIpc) is 3.29. The Bertz CT molecular complexity index is 1340. The Morgan fingerprint density at radius 3 is 2.34 bits per heavy atom. The van der Waals surface area contributed by atoms with Crippen LogP contribution in [-0.2, 0) is 23.1 Å². The molecule has 5 rings (SSSR count). The third kappa shape index (κ3) is 4.95. The Kier molecular flexibility index (Phi) is 6.34. The predicted octanol–water partition coefficient (Wildman–Crippen LogP) is 2.29. The molecule has 2 aromatic carbocycles. The van der Waals surface area contributed by atoms with Crippen LogP contribution in [0.2, 0.25) is 0 Å². The van der Waals surface area contributed by atoms with Gasteiger partial charge in [0, 0.05) is 50.2 Å². The molecule has 3 aromatic rings. The molecule has 2 N–H and O–H groups in total. The van der Waals surface area contributed by atoms with Gasteiger partial charge >= 0.3 is 0 Å². The van der Waals surface area contributed by atoms with E-state index in [-0.39, 0.29) is 29.9 Å². The van der Waals surface area contributed by atoms with Crippen LogP contribution in [0.4, 0.5) is 0 Å². The van der Waals surface area contributed by atoms with Crippen molar-refractivity contribution in [2.45, 2.75) is 24.0 Å². The number of nitriles is 1. The number of piperidine rings is 1. The van der Waals surface area contributed by atoms with E-state index in [1.807, 2.05) is 12.1 Å². The number of carbonyl (C=O) groups is 1. The Balaban J connectivity index is 1.34. The fourth-order valence-electron chi connectivity index (χ4n) is 4.60. The van der Waals surface area contributed by atoms with E-state index in [1.54, 1.807) is 42.7 Å². The zero-order valence-electron chi connectivity index (χ0n) is 19.0. The molecule has 1 aliphatic heterocycles. The number of aromatic nitrogens is 1. The number of hydrogen-bond donors (Lipinski definition) is 2. The fraction of sp³-hybridized carbons (Fsp3) is 0.269. The van der Waals surface area contributed by atoms with E-state index in [4.69, 9.17) is 5.26 Å². The highest BCUT2D eigenvalue weighted by Gasteiger charge is 2.53. The van der Waals surface area contributed by atoms with Crippen LogP contribution >= 0.6 is 0 Å². The van der Waals surface area contributed by atoms with Gasteiger partial charge in [-0.1, -0.05) is 18.2 Å². The molecule has 3 atom stereocenters. The number of nitrogens with zero attached hydrogens (tertiary/aromatic N) is 3. The summed E-state index contributed by atoms with van der Waals surface area (Å²) in [5.41, 5.74) is 2.46. The summed E-state index contributed by atoms with van der Waals surface area (Å²) in [6.45, 7) is 2.17. The Hall–Kier alpha value is -3.58. The second-order valence-electron chi connectivity index (χ2n) is 8.95. The maximum atomic E-state index is 13.5. The van der Waals surface area contributed by atoms with Crippen LogP contribution in [0.1, 0.15) is 27.0 Å². The zero-order valence-corrected chi connectivity index (χ0v) is 19.8. The van der Waals surface area contributed by atoms with Gasteiger partial charge in [-0.2, -0.15) is 9.57 Å². The van der Waals surface area contributed by atoms with Gasteiger partial charge in [0.2, 0.25) is 10.0 Å². The molecule has 2 aliphatic rings. The van der Waals surface area contributed by atoms with E-state index >= 15 is 0 Å². The highest BCUT2D eigenvalue weighted by atomic mass is 32.2. The molecular weight excluding hydrogens is 462 g/mol. The summed E-state index contributed by atoms with van der Waals surface area (Å²) in [6, 6.07) is 18.8. The fourth-order valence-corrected chi connectivity index (χ4v) is 6.02. The van der Waals surface area contributed by atoms with E-state index in [1.165, 1.54) is 28.6 Å². The maximum absolute atomic E-state index is 13.5. The maximum Gasteiger partial charge on any atom is 0.251 e. The van der Waals surface area contributed by atoms with Gasteiger partial charge in [-0.05, 0) is 65.4 Å². The van der Waals surface area contributed by atoms with Crippen molar-refractivity contribution in [2.75, 3.05) is 13.1 Å². The van der Waals surface area contributed by atoms with Crippen LogP contribution in [0, 0.1) is 23.2 Å². The number of nitrogens with one attached hydrogen (secondary N) is 2. The van der Waals surface area contributed by atoms with Gasteiger partial charge in [0.05, 0.1) is 16.5 Å². The van der Waals surface area contributed by atoms with Crippen molar-refractivity contribution < 1.29 is 13.2 Å². The molecule has 1 aliphatic carbocycles. The highest BCUT2D eigenvalue weighted by Crippen LogP contribution is 2.41. The first kappa shape index (κ1) is 23.2. The Morgan fingerprint density at radius 2 is 1.71 bits per heavy atom. The molecule has 0 bridgehead atoms. The first-order chi connectivity index (χ1) is 17.0. The zero-order chi connectivity index (χ0) is 24.4. The molecule has 2 fully saturated rings. The number of amides is 1. The molecule has 0 radical (unpaired) electrons. The quantitative estimate of drug-likeness (QED) is 0.504. The third-order valence-electron chi connectivity index (χ3n) is 6.67. The molecule has 0 unspecified atom stereocenters. The Morgan fingerprint density at radius 1 is 1.03 bits per heavy atom.